The van der Waals surface area contributed by atoms with Crippen molar-refractivity contribution in [2.24, 2.45) is 0 Å². The van der Waals surface area contributed by atoms with Gasteiger partial charge >= 0.3 is 5.97 Å². The zero-order chi connectivity index (χ0) is 47.4. The van der Waals surface area contributed by atoms with Crippen LogP contribution in [0.25, 0.3) is 11.0 Å². The molecule has 0 bridgehead atoms. The van der Waals surface area contributed by atoms with Gasteiger partial charge in [-0.3, -0.25) is 14.4 Å². The number of nitrogens with one attached hydrogen (secondary N) is 1. The van der Waals surface area contributed by atoms with Crippen molar-refractivity contribution in [1.82, 2.24) is 5.32 Å². The van der Waals surface area contributed by atoms with E-state index in [0.717, 1.165) is 19.2 Å². The number of aliphatic hydroxyl groups excluding tert-OH is 3. The molecule has 16 atom stereocenters. The first kappa shape index (κ1) is 47.3. The largest absolute Gasteiger partial charge is 0.507 e. The van der Waals surface area contributed by atoms with E-state index in [4.69, 9.17) is 42.3 Å². The van der Waals surface area contributed by atoms with Gasteiger partial charge in [-0.05, 0) is 67.1 Å². The summed E-state index contributed by atoms with van der Waals surface area (Å²) >= 11 is 0. The van der Waals surface area contributed by atoms with Gasteiger partial charge in [-0.25, -0.2) is 4.79 Å². The molecule has 5 aliphatic rings. The molecule has 19 heteroatoms. The number of esters is 1. The van der Waals surface area contributed by atoms with Gasteiger partial charge in [-0.2, -0.15) is 0 Å². The number of benzene rings is 2. The van der Waals surface area contributed by atoms with Crippen LogP contribution in [0.4, 0.5) is 0 Å². The number of rotatable bonds is 10. The molecule has 19 nitrogen and oxygen atoms in total. The Bertz CT molecular complexity index is 2470. The normalized spacial score (nSPS) is 37.9. The second-order valence-electron chi connectivity index (χ2n) is 18.2. The highest BCUT2D eigenvalue weighted by Gasteiger charge is 2.60. The van der Waals surface area contributed by atoms with E-state index < -0.39 is 158 Å². The van der Waals surface area contributed by atoms with Gasteiger partial charge < -0.3 is 73.2 Å². The zero-order valence-electron chi connectivity index (χ0n) is 37.8. The minimum atomic E-state index is -3.10. The van der Waals surface area contributed by atoms with E-state index in [0.29, 0.717) is 0 Å². The molecule has 0 amide bonds. The molecule has 3 aromatic rings. The molecule has 0 spiro atoms. The lowest BCUT2D eigenvalue weighted by molar-refractivity contribution is -0.293. The number of carbonyl (C=O) groups is 3. The van der Waals surface area contributed by atoms with Crippen molar-refractivity contribution in [2.75, 3.05) is 28.4 Å². The maximum atomic E-state index is 15.1. The predicted octanol–water partition coefficient (Wildman–Crippen LogP) is 1.52. The standard InChI is InChI=1S/C46H57NO18/c1-17-33(49)26(57-8)15-29(61-17)64-41-19(3)60-27(16-44(41,5)47-7)21-11-12-22-30(36(21)52)37(53)31-23(35(22)51)13-24(32-25(48)14-28(63-39(31)32)45(6)20(4)65-45)46(56,43(55)59-10)42-38(54)40(58-9)34(50)18(2)62-42/h11-14,17-20,26-27,29,33-34,38,40-42,47,49-50,52,54,56H,15-16H2,1-10H3. The first-order valence-electron chi connectivity index (χ1n) is 21.6. The smallest absolute Gasteiger partial charge is 0.345 e. The molecular weight excluding hydrogens is 854 g/mol. The average Bonchev–Trinajstić information content (AvgIpc) is 3.91. The Hall–Kier alpha value is -4.22. The number of likely N-dealkylation sites (N-methyl/N-ethyl adjacent to an activating group) is 1. The van der Waals surface area contributed by atoms with Gasteiger partial charge in [0.1, 0.15) is 53.7 Å². The first-order chi connectivity index (χ1) is 30.6. The highest BCUT2D eigenvalue weighted by molar-refractivity contribution is 6.32. The number of ether oxygens (including phenoxy) is 8. The maximum absolute atomic E-state index is 15.1. The highest BCUT2D eigenvalue weighted by Crippen LogP contribution is 2.50. The van der Waals surface area contributed by atoms with Gasteiger partial charge in [0.05, 0.1) is 60.2 Å². The van der Waals surface area contributed by atoms with Crippen LogP contribution in [0.3, 0.4) is 0 Å². The Balaban J connectivity index is 1.24. The van der Waals surface area contributed by atoms with Crippen molar-refractivity contribution < 1.29 is 82.2 Å². The Morgan fingerprint density at radius 2 is 1.54 bits per heavy atom. The summed E-state index contributed by atoms with van der Waals surface area (Å²) in [6, 6.07) is 4.90. The zero-order valence-corrected chi connectivity index (χ0v) is 37.8. The van der Waals surface area contributed by atoms with E-state index in [9.17, 15) is 39.9 Å². The lowest BCUT2D eigenvalue weighted by Crippen LogP contribution is -2.65. The molecule has 6 N–H and O–H groups in total. The monoisotopic (exact) mass is 911 g/mol. The number of hydrogen-bond acceptors (Lipinski definition) is 19. The molecule has 65 heavy (non-hydrogen) atoms. The number of phenols is 1. The summed E-state index contributed by atoms with van der Waals surface area (Å²) in [5, 5.41) is 60.5. The number of aliphatic hydroxyl groups is 4. The molecule has 5 heterocycles. The fraction of sp³-hybridized carbons (Fsp3) is 0.609. The van der Waals surface area contributed by atoms with E-state index >= 15 is 4.79 Å². The van der Waals surface area contributed by atoms with Crippen LogP contribution in [0.1, 0.15) is 109 Å². The fourth-order valence-electron chi connectivity index (χ4n) is 10.2. The number of hydrogen-bond donors (Lipinski definition) is 6. The van der Waals surface area contributed by atoms with Crippen molar-refractivity contribution in [3.8, 4) is 5.75 Å². The summed E-state index contributed by atoms with van der Waals surface area (Å²) in [6.07, 6.45) is -12.6. The Morgan fingerprint density at radius 1 is 0.862 bits per heavy atom. The van der Waals surface area contributed by atoms with Crippen molar-refractivity contribution >= 4 is 28.5 Å². The van der Waals surface area contributed by atoms with Gasteiger partial charge in [0.2, 0.25) is 11.4 Å². The van der Waals surface area contributed by atoms with Gasteiger partial charge in [0.15, 0.2) is 23.1 Å². The van der Waals surface area contributed by atoms with Gasteiger partial charge in [0.25, 0.3) is 0 Å². The predicted molar refractivity (Wildman–Crippen MR) is 224 cm³/mol. The number of phenolic OH excluding ortho intramolecular Hbond substituents is 1. The second kappa shape index (κ2) is 16.8. The molecule has 0 saturated carbocycles. The summed E-state index contributed by atoms with van der Waals surface area (Å²) in [7, 11) is 5.40. The molecule has 1 aromatic heterocycles. The van der Waals surface area contributed by atoms with Crippen molar-refractivity contribution in [1.29, 1.82) is 0 Å². The Morgan fingerprint density at radius 3 is 2.15 bits per heavy atom. The van der Waals surface area contributed by atoms with Crippen LogP contribution in [-0.2, 0) is 53.9 Å². The summed E-state index contributed by atoms with van der Waals surface area (Å²) in [5.74, 6) is -3.79. The number of epoxide rings is 1. The molecule has 4 saturated heterocycles. The molecule has 8 rings (SSSR count). The van der Waals surface area contributed by atoms with Crippen LogP contribution in [0.2, 0.25) is 0 Å². The van der Waals surface area contributed by atoms with Crippen LogP contribution in [0.5, 0.6) is 5.75 Å². The molecule has 16 unspecified atom stereocenters. The topological polar surface area (TPSA) is 272 Å². The van der Waals surface area contributed by atoms with E-state index in [2.05, 4.69) is 5.32 Å². The van der Waals surface area contributed by atoms with E-state index in [1.807, 2.05) is 6.92 Å². The average molecular weight is 912 g/mol. The van der Waals surface area contributed by atoms with Crippen LogP contribution < -0.4 is 10.7 Å². The third kappa shape index (κ3) is 7.26. The van der Waals surface area contributed by atoms with Gasteiger partial charge in [-0.15, -0.1) is 0 Å². The fourth-order valence-corrected chi connectivity index (χ4v) is 10.2. The summed E-state index contributed by atoms with van der Waals surface area (Å²) in [5.41, 5.74) is -8.39. The van der Waals surface area contributed by atoms with Crippen molar-refractivity contribution in [3.05, 3.63) is 73.6 Å². The van der Waals surface area contributed by atoms with Gasteiger partial charge in [0, 0.05) is 54.5 Å². The molecule has 0 radical (unpaired) electrons. The van der Waals surface area contributed by atoms with Gasteiger partial charge in [-0.1, -0.05) is 6.07 Å². The molecule has 1 aliphatic carbocycles. The molecule has 354 valence electrons. The quantitative estimate of drug-likeness (QED) is 0.0972. The SMILES string of the molecule is CNC1(C)CC(c2ccc3c(c2O)C(=O)c2c(cc(C(O)(C(=O)OC)C4OC(C)C(O)C(OC)C4O)c4c(=O)cc(C5(C)OC5C)oc24)C3=O)OC(C)C1OC1CC(OC)C(O)C(C)O1. The molecule has 2 aromatic carbocycles. The van der Waals surface area contributed by atoms with Crippen molar-refractivity contribution in [3.63, 3.8) is 0 Å². The minimum Gasteiger partial charge on any atom is -0.507 e. The minimum absolute atomic E-state index is 0.0349. The molecule has 4 aliphatic heterocycles. The van der Waals surface area contributed by atoms with Crippen LogP contribution in [-0.4, -0.2) is 150 Å². The maximum Gasteiger partial charge on any atom is 0.345 e. The number of fused-ring (bicyclic) bond motifs is 4. The van der Waals surface area contributed by atoms with Crippen LogP contribution in [0, 0.1) is 0 Å². The second-order valence-corrected chi connectivity index (χ2v) is 18.2. The van der Waals surface area contributed by atoms with E-state index in [1.54, 1.807) is 34.7 Å². The summed E-state index contributed by atoms with van der Waals surface area (Å²) in [4.78, 5) is 58.3. The number of methoxy groups -OCH3 is 3. The van der Waals surface area contributed by atoms with E-state index in [1.165, 1.54) is 33.3 Å². The number of ketones is 2. The highest BCUT2D eigenvalue weighted by atomic mass is 16.7. The van der Waals surface area contributed by atoms with Crippen LogP contribution >= 0.6 is 0 Å². The number of aromatic hydroxyl groups is 1. The molecule has 4 fully saturated rings. The summed E-state index contributed by atoms with van der Waals surface area (Å²) in [6.45, 7) is 10.2. The third-order valence-electron chi connectivity index (χ3n) is 14.4. The summed E-state index contributed by atoms with van der Waals surface area (Å²) < 4.78 is 52.9. The number of carbonyl (C=O) groups excluding carboxylic acids is 3. The molecular formula is C46H57NO18. The lowest BCUT2D eigenvalue weighted by atomic mass is 9.74. The Labute approximate surface area is 373 Å². The van der Waals surface area contributed by atoms with Crippen molar-refractivity contribution in [2.45, 2.75) is 151 Å². The van der Waals surface area contributed by atoms with Crippen LogP contribution in [0.15, 0.2) is 33.5 Å². The lowest BCUT2D eigenvalue weighted by Gasteiger charge is -2.49. The first-order valence-corrected chi connectivity index (χ1v) is 21.6. The third-order valence-corrected chi connectivity index (χ3v) is 14.4. The van der Waals surface area contributed by atoms with E-state index in [-0.39, 0.29) is 29.7 Å². The Kier molecular flexibility index (Phi) is 12.2.